The van der Waals surface area contributed by atoms with Crippen molar-refractivity contribution in [2.24, 2.45) is 0 Å². The molecule has 0 bridgehead atoms. The lowest BCUT2D eigenvalue weighted by Crippen LogP contribution is -2.22. The summed E-state index contributed by atoms with van der Waals surface area (Å²) in [6, 6.07) is 23.8. The van der Waals surface area contributed by atoms with Crippen LogP contribution in [-0.2, 0) is 11.2 Å². The summed E-state index contributed by atoms with van der Waals surface area (Å²) in [6.07, 6.45) is 1.81. The summed E-state index contributed by atoms with van der Waals surface area (Å²) in [5.41, 5.74) is 2.16. The highest BCUT2D eigenvalue weighted by molar-refractivity contribution is 5.95. The molecule has 0 heterocycles. The normalized spacial score (nSPS) is 10.3. The second kappa shape index (κ2) is 10.1. The van der Waals surface area contributed by atoms with Crippen molar-refractivity contribution in [1.29, 1.82) is 0 Å². The maximum absolute atomic E-state index is 13.6. The lowest BCUT2D eigenvalue weighted by Gasteiger charge is -2.13. The number of nitrogens with one attached hydrogen (secondary N) is 2. The molecule has 28 heavy (non-hydrogen) atoms. The molecule has 1 amide bonds. The number of para-hydroxylation sites is 3. The molecule has 0 fully saturated rings. The third-order valence-electron chi connectivity index (χ3n) is 4.18. The molecule has 0 atom stereocenters. The summed E-state index contributed by atoms with van der Waals surface area (Å²) in [5, 5.41) is 5.60. The fourth-order valence-electron chi connectivity index (χ4n) is 2.77. The lowest BCUT2D eigenvalue weighted by molar-refractivity contribution is -0.114. The minimum absolute atomic E-state index is 0.0384. The number of aryl methyl sites for hydroxylation is 1. The first-order valence-electron chi connectivity index (χ1n) is 9.26. The Labute approximate surface area is 164 Å². The van der Waals surface area contributed by atoms with E-state index in [1.165, 1.54) is 11.6 Å². The topological polar surface area (TPSA) is 50.4 Å². The molecule has 0 radical (unpaired) electrons. The Bertz CT molecular complexity index is 900. The highest BCUT2D eigenvalue weighted by Crippen LogP contribution is 2.24. The van der Waals surface area contributed by atoms with Crippen LogP contribution in [0.25, 0.3) is 0 Å². The Kier molecular flexibility index (Phi) is 7.01. The number of halogens is 1. The summed E-state index contributed by atoms with van der Waals surface area (Å²) < 4.78 is 19.5. The van der Waals surface area contributed by atoms with Crippen LogP contribution in [0.4, 0.5) is 15.8 Å². The van der Waals surface area contributed by atoms with Crippen molar-refractivity contribution < 1.29 is 13.9 Å². The number of hydrogen-bond acceptors (Lipinski definition) is 3. The van der Waals surface area contributed by atoms with Gasteiger partial charge in [-0.3, -0.25) is 4.79 Å². The fourth-order valence-corrected chi connectivity index (χ4v) is 2.77. The third-order valence-corrected chi connectivity index (χ3v) is 4.18. The number of benzene rings is 3. The average Bonchev–Trinajstić information content (AvgIpc) is 2.72. The molecule has 0 saturated heterocycles. The van der Waals surface area contributed by atoms with Crippen LogP contribution in [0.1, 0.15) is 12.0 Å². The van der Waals surface area contributed by atoms with E-state index in [-0.39, 0.29) is 12.5 Å². The van der Waals surface area contributed by atoms with E-state index >= 15 is 0 Å². The quantitative estimate of drug-likeness (QED) is 0.521. The molecule has 0 aromatic heterocycles. The Hall–Kier alpha value is -3.34. The number of anilines is 2. The second-order valence-electron chi connectivity index (χ2n) is 6.32. The second-order valence-corrected chi connectivity index (χ2v) is 6.32. The molecule has 3 aromatic rings. The molecule has 144 valence electrons. The Morgan fingerprint density at radius 2 is 1.54 bits per heavy atom. The van der Waals surface area contributed by atoms with Crippen LogP contribution in [0.3, 0.4) is 0 Å². The first-order chi connectivity index (χ1) is 13.7. The van der Waals surface area contributed by atoms with E-state index in [0.717, 1.165) is 12.8 Å². The minimum Gasteiger partial charge on any atom is -0.491 e. The molecule has 0 saturated carbocycles. The molecule has 0 aliphatic carbocycles. The number of rotatable bonds is 9. The zero-order chi connectivity index (χ0) is 19.6. The molecular formula is C23H23FN2O2. The first-order valence-corrected chi connectivity index (χ1v) is 9.26. The maximum atomic E-state index is 13.6. The average molecular weight is 378 g/mol. The van der Waals surface area contributed by atoms with Gasteiger partial charge >= 0.3 is 0 Å². The van der Waals surface area contributed by atoms with Gasteiger partial charge in [0.25, 0.3) is 0 Å². The van der Waals surface area contributed by atoms with Gasteiger partial charge < -0.3 is 15.4 Å². The Morgan fingerprint density at radius 3 is 2.32 bits per heavy atom. The zero-order valence-corrected chi connectivity index (χ0v) is 15.5. The van der Waals surface area contributed by atoms with Crippen molar-refractivity contribution in [2.75, 3.05) is 23.8 Å². The lowest BCUT2D eigenvalue weighted by atomic mass is 10.1. The van der Waals surface area contributed by atoms with Gasteiger partial charge in [-0.25, -0.2) is 4.39 Å². The highest BCUT2D eigenvalue weighted by atomic mass is 19.1. The van der Waals surface area contributed by atoms with E-state index in [2.05, 4.69) is 22.8 Å². The summed E-state index contributed by atoms with van der Waals surface area (Å²) in [5.74, 6) is -0.0455. The van der Waals surface area contributed by atoms with Gasteiger partial charge in [0.1, 0.15) is 11.6 Å². The predicted molar refractivity (Wildman–Crippen MR) is 110 cm³/mol. The summed E-state index contributed by atoms with van der Waals surface area (Å²) in [7, 11) is 0. The van der Waals surface area contributed by atoms with Crippen molar-refractivity contribution >= 4 is 17.3 Å². The van der Waals surface area contributed by atoms with Crippen LogP contribution in [-0.4, -0.2) is 19.1 Å². The van der Waals surface area contributed by atoms with Crippen LogP contribution in [0.15, 0.2) is 78.9 Å². The molecule has 3 aromatic carbocycles. The van der Waals surface area contributed by atoms with E-state index < -0.39 is 5.82 Å². The van der Waals surface area contributed by atoms with Gasteiger partial charge in [0, 0.05) is 0 Å². The van der Waals surface area contributed by atoms with Crippen molar-refractivity contribution in [2.45, 2.75) is 12.8 Å². The van der Waals surface area contributed by atoms with E-state index in [9.17, 15) is 9.18 Å². The number of ether oxygens (including phenoxy) is 1. The highest BCUT2D eigenvalue weighted by Gasteiger charge is 2.09. The summed E-state index contributed by atoms with van der Waals surface area (Å²) in [4.78, 5) is 12.2. The van der Waals surface area contributed by atoms with E-state index in [1.54, 1.807) is 24.3 Å². The van der Waals surface area contributed by atoms with Crippen molar-refractivity contribution in [3.05, 3.63) is 90.2 Å². The molecule has 0 spiro atoms. The zero-order valence-electron chi connectivity index (χ0n) is 15.5. The van der Waals surface area contributed by atoms with Crippen molar-refractivity contribution in [3.8, 4) is 5.75 Å². The van der Waals surface area contributed by atoms with Crippen molar-refractivity contribution in [1.82, 2.24) is 0 Å². The molecule has 2 N–H and O–H groups in total. The molecule has 0 aliphatic rings. The van der Waals surface area contributed by atoms with Gasteiger partial charge in [0.05, 0.1) is 24.5 Å². The largest absolute Gasteiger partial charge is 0.491 e. The number of carbonyl (C=O) groups is 1. The van der Waals surface area contributed by atoms with Crippen LogP contribution in [0.2, 0.25) is 0 Å². The number of carbonyl (C=O) groups excluding carboxylic acids is 1. The van der Waals surface area contributed by atoms with Gasteiger partial charge in [-0.05, 0) is 42.7 Å². The third kappa shape index (κ3) is 5.84. The number of hydrogen-bond donors (Lipinski definition) is 2. The molecule has 0 aliphatic heterocycles. The van der Waals surface area contributed by atoms with Crippen LogP contribution >= 0.6 is 0 Å². The molecule has 3 rings (SSSR count). The van der Waals surface area contributed by atoms with Crippen LogP contribution < -0.4 is 15.4 Å². The smallest absolute Gasteiger partial charge is 0.243 e. The summed E-state index contributed by atoms with van der Waals surface area (Å²) >= 11 is 0. The van der Waals surface area contributed by atoms with E-state index in [0.29, 0.717) is 23.7 Å². The monoisotopic (exact) mass is 378 g/mol. The van der Waals surface area contributed by atoms with E-state index in [4.69, 9.17) is 4.74 Å². The predicted octanol–water partition coefficient (Wildman–Crippen LogP) is 4.89. The van der Waals surface area contributed by atoms with Crippen LogP contribution in [0.5, 0.6) is 5.75 Å². The Balaban J connectivity index is 1.49. The van der Waals surface area contributed by atoms with E-state index in [1.807, 2.05) is 36.4 Å². The molecule has 0 unspecified atom stereocenters. The maximum Gasteiger partial charge on any atom is 0.243 e. The standard InChI is InChI=1S/C23H23FN2O2/c24-19-12-4-5-13-20(19)25-17-23(27)26-21-14-6-7-15-22(21)28-16-8-11-18-9-2-1-3-10-18/h1-7,9-10,12-15,25H,8,11,16-17H2,(H,26,27). The molecular weight excluding hydrogens is 355 g/mol. The van der Waals surface area contributed by atoms with Gasteiger partial charge in [-0.15, -0.1) is 0 Å². The Morgan fingerprint density at radius 1 is 0.857 bits per heavy atom. The fraction of sp³-hybridized carbons (Fsp3) is 0.174. The van der Waals surface area contributed by atoms with Crippen LogP contribution in [0, 0.1) is 5.82 Å². The summed E-state index contributed by atoms with van der Waals surface area (Å²) in [6.45, 7) is 0.512. The minimum atomic E-state index is -0.391. The SMILES string of the molecule is O=C(CNc1ccccc1F)Nc1ccccc1OCCCc1ccccc1. The molecule has 5 heteroatoms. The molecule has 4 nitrogen and oxygen atoms in total. The van der Waals surface area contributed by atoms with Gasteiger partial charge in [0.2, 0.25) is 5.91 Å². The first kappa shape index (κ1) is 19.4. The van der Waals surface area contributed by atoms with Crippen molar-refractivity contribution in [3.63, 3.8) is 0 Å². The van der Waals surface area contributed by atoms with Gasteiger partial charge in [-0.1, -0.05) is 54.6 Å². The van der Waals surface area contributed by atoms with Gasteiger partial charge in [-0.2, -0.15) is 0 Å². The van der Waals surface area contributed by atoms with Gasteiger partial charge in [0.15, 0.2) is 0 Å². The number of amides is 1.